The molecule has 144 valence electrons. The van der Waals surface area contributed by atoms with Crippen LogP contribution in [0.4, 0.5) is 5.69 Å². The van der Waals surface area contributed by atoms with Crippen LogP contribution in [0.1, 0.15) is 13.8 Å². The van der Waals surface area contributed by atoms with E-state index in [1.54, 1.807) is 0 Å². The topological polar surface area (TPSA) is 49.8 Å². The first kappa shape index (κ1) is 19.0. The molecule has 1 heterocycles. The second-order valence-corrected chi connectivity index (χ2v) is 7.52. The zero-order valence-corrected chi connectivity index (χ0v) is 17.2. The molecule has 0 saturated carbocycles. The monoisotopic (exact) mass is 398 g/mol. The lowest BCUT2D eigenvalue weighted by Crippen LogP contribution is -2.33. The third-order valence-corrected chi connectivity index (χ3v) is 4.66. The Kier molecular flexibility index (Phi) is 5.49. The molecule has 0 aliphatic heterocycles. The van der Waals surface area contributed by atoms with Crippen LogP contribution in [0.25, 0.3) is 33.5 Å². The molecule has 4 aromatic rings. The summed E-state index contributed by atoms with van der Waals surface area (Å²) in [4.78, 5) is 9.94. The first-order valence-electron chi connectivity index (χ1n) is 9.60. The first-order chi connectivity index (χ1) is 14.1. The van der Waals surface area contributed by atoms with Crippen LogP contribution in [0.2, 0.25) is 0 Å². The lowest BCUT2D eigenvalue weighted by atomic mass is 10.0. The third-order valence-electron chi connectivity index (χ3n) is 4.44. The number of fused-ring (bicyclic) bond motifs is 1. The predicted molar refractivity (Wildman–Crippen MR) is 125 cm³/mol. The molecule has 2 N–H and O–H groups in total. The Hall–Kier alpha value is -3.31. The summed E-state index contributed by atoms with van der Waals surface area (Å²) in [5, 5.41) is 7.01. The van der Waals surface area contributed by atoms with Crippen LogP contribution in [0.5, 0.6) is 0 Å². The van der Waals surface area contributed by atoms with E-state index < -0.39 is 0 Å². The molecule has 4 nitrogen and oxygen atoms in total. The molecular weight excluding hydrogens is 376 g/mol. The highest BCUT2D eigenvalue weighted by atomic mass is 32.1. The van der Waals surface area contributed by atoms with E-state index in [9.17, 15) is 0 Å². The summed E-state index contributed by atoms with van der Waals surface area (Å²) in [5.41, 5.74) is 6.38. The summed E-state index contributed by atoms with van der Waals surface area (Å²) in [7, 11) is 0. The Morgan fingerprint density at radius 3 is 1.86 bits per heavy atom. The Bertz CT molecular complexity index is 1140. The zero-order valence-electron chi connectivity index (χ0n) is 16.4. The number of aromatic nitrogens is 2. The molecule has 5 heteroatoms. The minimum absolute atomic E-state index is 0.272. The molecule has 0 radical (unpaired) electrons. The van der Waals surface area contributed by atoms with Gasteiger partial charge in [0.1, 0.15) is 0 Å². The van der Waals surface area contributed by atoms with Gasteiger partial charge in [-0.25, -0.2) is 9.97 Å². The van der Waals surface area contributed by atoms with Gasteiger partial charge >= 0.3 is 0 Å². The standard InChI is InChI=1S/C24H22N4S/c1-16(2)25-24(29)26-19-13-14-20-21(15-19)28-23(18-11-7-4-8-12-18)22(27-20)17-9-5-3-6-10-17/h3-16H,1-2H3,(H2,25,26,29). The van der Waals surface area contributed by atoms with E-state index in [0.717, 1.165) is 39.2 Å². The van der Waals surface area contributed by atoms with Gasteiger partial charge in [-0.3, -0.25) is 0 Å². The number of thiocarbonyl (C=S) groups is 1. The summed E-state index contributed by atoms with van der Waals surface area (Å²) < 4.78 is 0. The molecule has 0 saturated heterocycles. The lowest BCUT2D eigenvalue weighted by molar-refractivity contribution is 0.739. The molecule has 0 amide bonds. The Labute approximate surface area is 176 Å². The molecular formula is C24H22N4S. The van der Waals surface area contributed by atoms with E-state index in [1.165, 1.54) is 0 Å². The second-order valence-electron chi connectivity index (χ2n) is 7.11. The van der Waals surface area contributed by atoms with Crippen molar-refractivity contribution >= 4 is 34.1 Å². The maximum atomic E-state index is 5.36. The molecule has 29 heavy (non-hydrogen) atoms. The maximum Gasteiger partial charge on any atom is 0.170 e. The van der Waals surface area contributed by atoms with Gasteiger partial charge in [0.25, 0.3) is 0 Å². The van der Waals surface area contributed by atoms with Crippen LogP contribution in [-0.4, -0.2) is 21.1 Å². The number of nitrogens with zero attached hydrogens (tertiary/aromatic N) is 2. The van der Waals surface area contributed by atoms with Crippen molar-refractivity contribution in [1.82, 2.24) is 15.3 Å². The van der Waals surface area contributed by atoms with Gasteiger partial charge in [-0.2, -0.15) is 0 Å². The molecule has 0 spiro atoms. The smallest absolute Gasteiger partial charge is 0.170 e. The Morgan fingerprint density at radius 1 is 0.759 bits per heavy atom. The zero-order chi connectivity index (χ0) is 20.2. The van der Waals surface area contributed by atoms with Crippen LogP contribution >= 0.6 is 12.2 Å². The number of hydrogen-bond acceptors (Lipinski definition) is 3. The fraction of sp³-hybridized carbons (Fsp3) is 0.125. The van der Waals surface area contributed by atoms with Gasteiger partial charge in [0.15, 0.2) is 5.11 Å². The van der Waals surface area contributed by atoms with Crippen LogP contribution in [0.15, 0.2) is 78.9 Å². The highest BCUT2D eigenvalue weighted by Crippen LogP contribution is 2.31. The van der Waals surface area contributed by atoms with Crippen molar-refractivity contribution in [2.24, 2.45) is 0 Å². The van der Waals surface area contributed by atoms with Crippen molar-refractivity contribution in [3.63, 3.8) is 0 Å². The average molecular weight is 399 g/mol. The number of rotatable bonds is 4. The largest absolute Gasteiger partial charge is 0.360 e. The second kappa shape index (κ2) is 8.37. The number of hydrogen-bond donors (Lipinski definition) is 2. The van der Waals surface area contributed by atoms with E-state index in [2.05, 4.69) is 48.7 Å². The van der Waals surface area contributed by atoms with E-state index >= 15 is 0 Å². The number of anilines is 1. The molecule has 0 bridgehead atoms. The molecule has 0 atom stereocenters. The van der Waals surface area contributed by atoms with E-state index in [4.69, 9.17) is 22.2 Å². The molecule has 0 aliphatic carbocycles. The third kappa shape index (κ3) is 4.41. The van der Waals surface area contributed by atoms with Gasteiger partial charge in [-0.05, 0) is 44.3 Å². The van der Waals surface area contributed by atoms with Gasteiger partial charge in [0, 0.05) is 22.9 Å². The van der Waals surface area contributed by atoms with Gasteiger partial charge in [-0.1, -0.05) is 60.7 Å². The van der Waals surface area contributed by atoms with Crippen LogP contribution in [0.3, 0.4) is 0 Å². The van der Waals surface area contributed by atoms with Crippen molar-refractivity contribution in [3.05, 3.63) is 78.9 Å². The van der Waals surface area contributed by atoms with E-state index in [0.29, 0.717) is 5.11 Å². The fourth-order valence-corrected chi connectivity index (χ4v) is 3.51. The highest BCUT2D eigenvalue weighted by Gasteiger charge is 2.13. The van der Waals surface area contributed by atoms with Crippen molar-refractivity contribution in [3.8, 4) is 22.5 Å². The van der Waals surface area contributed by atoms with Crippen LogP contribution in [-0.2, 0) is 0 Å². The Morgan fingerprint density at radius 2 is 1.31 bits per heavy atom. The first-order valence-corrected chi connectivity index (χ1v) is 10.0. The fourth-order valence-electron chi connectivity index (χ4n) is 3.16. The van der Waals surface area contributed by atoms with E-state index in [1.807, 2.05) is 54.6 Å². The molecule has 4 rings (SSSR count). The summed E-state index contributed by atoms with van der Waals surface area (Å²) in [5.74, 6) is 0. The molecule has 1 aromatic heterocycles. The summed E-state index contributed by atoms with van der Waals surface area (Å²) >= 11 is 5.36. The minimum atomic E-state index is 0.272. The van der Waals surface area contributed by atoms with Crippen molar-refractivity contribution in [1.29, 1.82) is 0 Å². The van der Waals surface area contributed by atoms with Gasteiger partial charge < -0.3 is 10.6 Å². The molecule has 0 unspecified atom stereocenters. The van der Waals surface area contributed by atoms with Crippen LogP contribution < -0.4 is 10.6 Å². The van der Waals surface area contributed by atoms with E-state index in [-0.39, 0.29) is 6.04 Å². The quantitative estimate of drug-likeness (QED) is 0.435. The molecule has 3 aromatic carbocycles. The van der Waals surface area contributed by atoms with Crippen LogP contribution in [0, 0.1) is 0 Å². The van der Waals surface area contributed by atoms with Crippen molar-refractivity contribution in [2.45, 2.75) is 19.9 Å². The summed E-state index contributed by atoms with van der Waals surface area (Å²) in [6.07, 6.45) is 0. The van der Waals surface area contributed by atoms with Gasteiger partial charge in [0.2, 0.25) is 0 Å². The SMILES string of the molecule is CC(C)NC(=S)Nc1ccc2nc(-c3ccccc3)c(-c3ccccc3)nc2c1. The van der Waals surface area contributed by atoms with Gasteiger partial charge in [-0.15, -0.1) is 0 Å². The lowest BCUT2D eigenvalue weighted by Gasteiger charge is -2.14. The summed E-state index contributed by atoms with van der Waals surface area (Å²) in [6.45, 7) is 4.11. The Balaban J connectivity index is 1.82. The maximum absolute atomic E-state index is 5.36. The molecule has 0 aliphatic rings. The average Bonchev–Trinajstić information content (AvgIpc) is 2.73. The van der Waals surface area contributed by atoms with Gasteiger partial charge in [0.05, 0.1) is 22.4 Å². The number of nitrogens with one attached hydrogen (secondary N) is 2. The van der Waals surface area contributed by atoms with Crippen molar-refractivity contribution < 1.29 is 0 Å². The van der Waals surface area contributed by atoms with Crippen molar-refractivity contribution in [2.75, 3.05) is 5.32 Å². The highest BCUT2D eigenvalue weighted by molar-refractivity contribution is 7.80. The number of benzene rings is 3. The molecule has 0 fully saturated rings. The normalized spacial score (nSPS) is 10.9. The predicted octanol–water partition coefficient (Wildman–Crippen LogP) is 5.66. The summed E-state index contributed by atoms with van der Waals surface area (Å²) in [6, 6.07) is 26.5. The minimum Gasteiger partial charge on any atom is -0.360 e.